The topological polar surface area (TPSA) is 46.6 Å². The van der Waals surface area contributed by atoms with E-state index in [0.29, 0.717) is 12.0 Å². The van der Waals surface area contributed by atoms with Gasteiger partial charge in [-0.15, -0.1) is 0 Å². The fourth-order valence-electron chi connectivity index (χ4n) is 5.35. The summed E-state index contributed by atoms with van der Waals surface area (Å²) in [6, 6.07) is 14.9. The number of hydrogen-bond donors (Lipinski definition) is 0. The minimum atomic E-state index is -5.12. The molecule has 0 spiro atoms. The number of rotatable bonds is 2. The van der Waals surface area contributed by atoms with Crippen molar-refractivity contribution in [1.29, 1.82) is 0 Å². The zero-order valence-electron chi connectivity index (χ0n) is 16.6. The monoisotopic (exact) mass is 417 g/mol. The summed E-state index contributed by atoms with van der Waals surface area (Å²) in [5.74, 6) is -3.68. The van der Waals surface area contributed by atoms with Crippen LogP contribution >= 0.6 is 0 Å². The molecule has 4 atom stereocenters. The molecule has 2 aromatic rings. The van der Waals surface area contributed by atoms with Gasteiger partial charge in [-0.2, -0.15) is 13.2 Å². The SMILES string of the molecule is COC(=O)[C@@]12Cc3ccccc3[C@@H]1C[C@H](C)[C@@H](c1ccccc1)N2C(=O)C(F)(F)F. The molecule has 0 aromatic heterocycles. The third-order valence-corrected chi connectivity index (χ3v) is 6.46. The summed E-state index contributed by atoms with van der Waals surface area (Å²) in [6.07, 6.45) is -4.66. The lowest BCUT2D eigenvalue weighted by Crippen LogP contribution is -2.67. The van der Waals surface area contributed by atoms with E-state index in [1.165, 1.54) is 0 Å². The summed E-state index contributed by atoms with van der Waals surface area (Å²) < 4.78 is 46.5. The van der Waals surface area contributed by atoms with E-state index in [4.69, 9.17) is 4.74 Å². The summed E-state index contributed by atoms with van der Waals surface area (Å²) in [7, 11) is 1.16. The Bertz CT molecular complexity index is 975. The third kappa shape index (κ3) is 2.90. The molecule has 4 rings (SSSR count). The highest BCUT2D eigenvalue weighted by atomic mass is 19.4. The molecule has 1 saturated heterocycles. The second-order valence-electron chi connectivity index (χ2n) is 8.09. The van der Waals surface area contributed by atoms with Crippen molar-refractivity contribution in [3.05, 3.63) is 71.3 Å². The van der Waals surface area contributed by atoms with E-state index in [2.05, 4.69) is 0 Å². The Morgan fingerprint density at radius 3 is 2.33 bits per heavy atom. The Kier molecular flexibility index (Phi) is 4.87. The zero-order chi connectivity index (χ0) is 21.7. The highest BCUT2D eigenvalue weighted by Gasteiger charge is 2.66. The number of esters is 1. The molecule has 1 aliphatic heterocycles. The summed E-state index contributed by atoms with van der Waals surface area (Å²) >= 11 is 0. The van der Waals surface area contributed by atoms with Crippen LogP contribution in [0.1, 0.15) is 42.0 Å². The van der Waals surface area contributed by atoms with Crippen molar-refractivity contribution < 1.29 is 27.5 Å². The van der Waals surface area contributed by atoms with Gasteiger partial charge in [0.25, 0.3) is 0 Å². The summed E-state index contributed by atoms with van der Waals surface area (Å²) in [5.41, 5.74) is 0.410. The first-order valence-electron chi connectivity index (χ1n) is 9.83. The molecule has 7 heteroatoms. The van der Waals surface area contributed by atoms with E-state index < -0.39 is 35.6 Å². The van der Waals surface area contributed by atoms with Gasteiger partial charge in [0.2, 0.25) is 0 Å². The minimum absolute atomic E-state index is 0.00160. The molecule has 4 nitrogen and oxygen atoms in total. The maximum Gasteiger partial charge on any atom is 0.471 e. The number of ether oxygens (including phenoxy) is 1. The first kappa shape index (κ1) is 20.4. The van der Waals surface area contributed by atoms with E-state index >= 15 is 0 Å². The van der Waals surface area contributed by atoms with E-state index in [1.807, 2.05) is 13.0 Å². The van der Waals surface area contributed by atoms with E-state index in [1.54, 1.807) is 48.5 Å². The molecule has 0 radical (unpaired) electrons. The van der Waals surface area contributed by atoms with Gasteiger partial charge < -0.3 is 9.64 Å². The predicted molar refractivity (Wildman–Crippen MR) is 103 cm³/mol. The fourth-order valence-corrected chi connectivity index (χ4v) is 5.35. The molecule has 2 aliphatic rings. The van der Waals surface area contributed by atoms with Crippen LogP contribution in [-0.4, -0.2) is 35.6 Å². The molecule has 158 valence electrons. The van der Waals surface area contributed by atoms with Crippen LogP contribution < -0.4 is 0 Å². The highest BCUT2D eigenvalue weighted by Crippen LogP contribution is 2.57. The lowest BCUT2D eigenvalue weighted by Gasteiger charge is -2.53. The van der Waals surface area contributed by atoms with Crippen molar-refractivity contribution in [3.8, 4) is 0 Å². The van der Waals surface area contributed by atoms with Gasteiger partial charge in [0.05, 0.1) is 13.2 Å². The number of carbonyl (C=O) groups excluding carboxylic acids is 2. The number of hydrogen-bond acceptors (Lipinski definition) is 3. The maximum absolute atomic E-state index is 13.8. The summed E-state index contributed by atoms with van der Waals surface area (Å²) in [6.45, 7) is 1.83. The molecular formula is C23H22F3NO3. The van der Waals surface area contributed by atoms with Gasteiger partial charge in [0.15, 0.2) is 5.54 Å². The van der Waals surface area contributed by atoms with E-state index in [0.717, 1.165) is 23.1 Å². The molecule has 1 heterocycles. The molecule has 0 bridgehead atoms. The Balaban J connectivity index is 1.97. The first-order chi connectivity index (χ1) is 14.2. The van der Waals surface area contributed by atoms with Crippen molar-refractivity contribution in [2.45, 2.75) is 43.4 Å². The first-order valence-corrected chi connectivity index (χ1v) is 9.83. The highest BCUT2D eigenvalue weighted by molar-refractivity contribution is 5.93. The average molecular weight is 417 g/mol. The summed E-state index contributed by atoms with van der Waals surface area (Å²) in [4.78, 5) is 26.8. The smallest absolute Gasteiger partial charge is 0.467 e. The van der Waals surface area contributed by atoms with Crippen LogP contribution in [0.15, 0.2) is 54.6 Å². The van der Waals surface area contributed by atoms with Crippen molar-refractivity contribution >= 4 is 11.9 Å². The molecule has 30 heavy (non-hydrogen) atoms. The lowest BCUT2D eigenvalue weighted by atomic mass is 9.69. The Hall–Kier alpha value is -2.83. The van der Waals surface area contributed by atoms with Crippen LogP contribution in [0.3, 0.4) is 0 Å². The quantitative estimate of drug-likeness (QED) is 0.680. The molecule has 0 unspecified atom stereocenters. The molecule has 0 saturated carbocycles. The average Bonchev–Trinajstić information content (AvgIpc) is 3.06. The number of likely N-dealkylation sites (tertiary alicyclic amines) is 1. The standard InChI is InChI=1S/C23H22F3NO3/c1-14-12-18-17-11-7-6-10-16(17)13-22(18,21(29)30-2)27(20(28)23(24,25)26)19(14)15-8-4-3-5-9-15/h3-11,14,18-19H,12-13H2,1-2H3/t14-,18-,19-,22+/m0/s1. The molecule has 1 fully saturated rings. The molecular weight excluding hydrogens is 395 g/mol. The van der Waals surface area contributed by atoms with E-state index in [-0.39, 0.29) is 12.3 Å². The Labute approximate surface area is 172 Å². The van der Waals surface area contributed by atoms with Gasteiger partial charge in [-0.25, -0.2) is 4.79 Å². The molecule has 1 amide bonds. The molecule has 1 aliphatic carbocycles. The van der Waals surface area contributed by atoms with Crippen molar-refractivity contribution in [2.24, 2.45) is 5.92 Å². The normalized spacial score (nSPS) is 27.9. The van der Waals surface area contributed by atoms with Gasteiger partial charge >= 0.3 is 18.1 Å². The van der Waals surface area contributed by atoms with Crippen molar-refractivity contribution in [1.82, 2.24) is 4.90 Å². The lowest BCUT2D eigenvalue weighted by molar-refractivity contribution is -0.206. The predicted octanol–water partition coefficient (Wildman–Crippen LogP) is 4.41. The number of alkyl halides is 3. The van der Waals surface area contributed by atoms with Crippen LogP contribution in [0.5, 0.6) is 0 Å². The number of halogens is 3. The van der Waals surface area contributed by atoms with Gasteiger partial charge in [-0.05, 0) is 29.0 Å². The van der Waals surface area contributed by atoms with Gasteiger partial charge in [0.1, 0.15) is 0 Å². The molecule has 0 N–H and O–H groups in total. The number of methoxy groups -OCH3 is 1. The van der Waals surface area contributed by atoms with Gasteiger partial charge in [-0.3, -0.25) is 4.79 Å². The Morgan fingerprint density at radius 2 is 1.70 bits per heavy atom. The fraction of sp³-hybridized carbons (Fsp3) is 0.391. The van der Waals surface area contributed by atoms with Crippen LogP contribution in [0.2, 0.25) is 0 Å². The number of benzene rings is 2. The van der Waals surface area contributed by atoms with Crippen LogP contribution in [0.25, 0.3) is 0 Å². The number of carbonyl (C=O) groups is 2. The van der Waals surface area contributed by atoms with E-state index in [9.17, 15) is 22.8 Å². The second kappa shape index (κ2) is 7.15. The minimum Gasteiger partial charge on any atom is -0.467 e. The zero-order valence-corrected chi connectivity index (χ0v) is 16.6. The van der Waals surface area contributed by atoms with Crippen LogP contribution in [0, 0.1) is 5.92 Å². The number of amides is 1. The van der Waals surface area contributed by atoms with Gasteiger partial charge in [0, 0.05) is 12.3 Å². The maximum atomic E-state index is 13.8. The number of fused-ring (bicyclic) bond motifs is 3. The van der Waals surface area contributed by atoms with Crippen LogP contribution in [0.4, 0.5) is 13.2 Å². The third-order valence-electron chi connectivity index (χ3n) is 6.46. The number of nitrogens with zero attached hydrogens (tertiary/aromatic N) is 1. The van der Waals surface area contributed by atoms with Crippen molar-refractivity contribution in [3.63, 3.8) is 0 Å². The summed E-state index contributed by atoms with van der Waals surface area (Å²) in [5, 5.41) is 0. The molecule has 2 aromatic carbocycles. The van der Waals surface area contributed by atoms with Crippen LogP contribution in [-0.2, 0) is 20.7 Å². The van der Waals surface area contributed by atoms with Crippen molar-refractivity contribution in [2.75, 3.05) is 7.11 Å². The largest absolute Gasteiger partial charge is 0.471 e. The second-order valence-corrected chi connectivity index (χ2v) is 8.09. The Morgan fingerprint density at radius 1 is 1.07 bits per heavy atom. The number of piperidine rings is 1. The van der Waals surface area contributed by atoms with Gasteiger partial charge in [-0.1, -0.05) is 61.5 Å².